The van der Waals surface area contributed by atoms with Crippen molar-refractivity contribution in [2.45, 2.75) is 45.1 Å². The molecular weight excluding hydrogens is 206 g/mol. The van der Waals surface area contributed by atoms with Crippen LogP contribution in [0.15, 0.2) is 0 Å². The number of hydrogen-bond donors (Lipinski definition) is 1. The fourth-order valence-corrected chi connectivity index (χ4v) is 1.82. The second-order valence-corrected chi connectivity index (χ2v) is 4.30. The SMILES string of the molecule is CCCCNC(=S)N(CCC#N)C1CC1. The van der Waals surface area contributed by atoms with Crippen molar-refractivity contribution in [1.82, 2.24) is 10.2 Å². The van der Waals surface area contributed by atoms with E-state index < -0.39 is 0 Å². The van der Waals surface area contributed by atoms with E-state index in [1.807, 2.05) is 0 Å². The monoisotopic (exact) mass is 225 g/mol. The Morgan fingerprint density at radius 3 is 2.87 bits per heavy atom. The largest absolute Gasteiger partial charge is 0.363 e. The quantitative estimate of drug-likeness (QED) is 0.554. The molecule has 0 aromatic carbocycles. The van der Waals surface area contributed by atoms with Crippen LogP contribution in [0, 0.1) is 11.3 Å². The van der Waals surface area contributed by atoms with Crippen LogP contribution in [0.1, 0.15) is 39.0 Å². The summed E-state index contributed by atoms with van der Waals surface area (Å²) in [5.74, 6) is 0. The van der Waals surface area contributed by atoms with Gasteiger partial charge in [-0.05, 0) is 31.5 Å². The zero-order valence-corrected chi connectivity index (χ0v) is 10.1. The zero-order valence-electron chi connectivity index (χ0n) is 9.33. The van der Waals surface area contributed by atoms with Crippen molar-refractivity contribution in [1.29, 1.82) is 5.26 Å². The van der Waals surface area contributed by atoms with Crippen molar-refractivity contribution in [3.63, 3.8) is 0 Å². The molecule has 3 nitrogen and oxygen atoms in total. The molecule has 0 saturated heterocycles. The molecule has 0 aliphatic heterocycles. The van der Waals surface area contributed by atoms with E-state index in [0.29, 0.717) is 12.5 Å². The smallest absolute Gasteiger partial charge is 0.169 e. The fraction of sp³-hybridized carbons (Fsp3) is 0.818. The molecule has 0 atom stereocenters. The lowest BCUT2D eigenvalue weighted by atomic mass is 10.3. The lowest BCUT2D eigenvalue weighted by molar-refractivity contribution is 0.410. The van der Waals surface area contributed by atoms with Gasteiger partial charge in [-0.1, -0.05) is 13.3 Å². The van der Waals surface area contributed by atoms with Crippen molar-refractivity contribution >= 4 is 17.3 Å². The summed E-state index contributed by atoms with van der Waals surface area (Å²) in [6, 6.07) is 2.77. The zero-order chi connectivity index (χ0) is 11.1. The highest BCUT2D eigenvalue weighted by molar-refractivity contribution is 7.80. The molecule has 84 valence electrons. The van der Waals surface area contributed by atoms with E-state index in [4.69, 9.17) is 17.5 Å². The van der Waals surface area contributed by atoms with Crippen molar-refractivity contribution in [3.8, 4) is 6.07 Å². The minimum atomic E-state index is 0.562. The molecule has 1 saturated carbocycles. The predicted octanol–water partition coefficient (Wildman–Crippen LogP) is 2.04. The van der Waals surface area contributed by atoms with E-state index in [1.54, 1.807) is 0 Å². The van der Waals surface area contributed by atoms with Crippen molar-refractivity contribution < 1.29 is 0 Å². The van der Waals surface area contributed by atoms with Gasteiger partial charge < -0.3 is 10.2 Å². The Hall–Kier alpha value is -0.820. The van der Waals surface area contributed by atoms with E-state index in [0.717, 1.165) is 24.6 Å². The van der Waals surface area contributed by atoms with Crippen LogP contribution in [-0.4, -0.2) is 29.1 Å². The average Bonchev–Trinajstić information content (AvgIpc) is 3.03. The fourth-order valence-electron chi connectivity index (χ4n) is 1.48. The van der Waals surface area contributed by atoms with E-state index >= 15 is 0 Å². The van der Waals surface area contributed by atoms with Crippen molar-refractivity contribution in [2.75, 3.05) is 13.1 Å². The lowest BCUT2D eigenvalue weighted by Gasteiger charge is -2.24. The highest BCUT2D eigenvalue weighted by Crippen LogP contribution is 2.26. The van der Waals surface area contributed by atoms with Gasteiger partial charge in [-0.25, -0.2) is 0 Å². The lowest BCUT2D eigenvalue weighted by Crippen LogP contribution is -2.42. The number of thiocarbonyl (C=S) groups is 1. The summed E-state index contributed by atoms with van der Waals surface area (Å²) in [6.07, 6.45) is 5.34. The average molecular weight is 225 g/mol. The second kappa shape index (κ2) is 6.62. The van der Waals surface area contributed by atoms with Crippen LogP contribution in [-0.2, 0) is 0 Å². The van der Waals surface area contributed by atoms with Crippen LogP contribution in [0.3, 0.4) is 0 Å². The van der Waals surface area contributed by atoms with Gasteiger partial charge in [0, 0.05) is 19.1 Å². The summed E-state index contributed by atoms with van der Waals surface area (Å²) in [4.78, 5) is 2.17. The van der Waals surface area contributed by atoms with Gasteiger partial charge in [-0.3, -0.25) is 0 Å². The van der Waals surface area contributed by atoms with E-state index in [-0.39, 0.29) is 0 Å². The third-order valence-corrected chi connectivity index (χ3v) is 2.90. The first-order valence-electron chi connectivity index (χ1n) is 5.71. The van der Waals surface area contributed by atoms with E-state index in [2.05, 4.69) is 23.2 Å². The minimum absolute atomic E-state index is 0.562. The molecule has 0 bridgehead atoms. The maximum Gasteiger partial charge on any atom is 0.169 e. The van der Waals surface area contributed by atoms with Gasteiger partial charge in [0.15, 0.2) is 5.11 Å². The molecule has 1 N–H and O–H groups in total. The van der Waals surface area contributed by atoms with Gasteiger partial charge in [0.1, 0.15) is 0 Å². The summed E-state index contributed by atoms with van der Waals surface area (Å²) >= 11 is 5.32. The first-order chi connectivity index (χ1) is 7.29. The number of rotatable bonds is 6. The molecule has 1 aliphatic carbocycles. The molecule has 4 heteroatoms. The highest BCUT2D eigenvalue weighted by atomic mass is 32.1. The predicted molar refractivity (Wildman–Crippen MR) is 65.5 cm³/mol. The molecule has 0 spiro atoms. The van der Waals surface area contributed by atoms with Gasteiger partial charge in [0.25, 0.3) is 0 Å². The maximum atomic E-state index is 8.57. The highest BCUT2D eigenvalue weighted by Gasteiger charge is 2.30. The first kappa shape index (κ1) is 12.3. The number of hydrogen-bond acceptors (Lipinski definition) is 2. The number of nitrogens with one attached hydrogen (secondary N) is 1. The van der Waals surface area contributed by atoms with Gasteiger partial charge in [0.2, 0.25) is 0 Å². The summed E-state index contributed by atoms with van der Waals surface area (Å²) in [5, 5.41) is 12.7. The Labute approximate surface area is 97.4 Å². The van der Waals surface area contributed by atoms with Gasteiger partial charge >= 0.3 is 0 Å². The Bertz CT molecular complexity index is 243. The normalized spacial score (nSPS) is 14.4. The third kappa shape index (κ3) is 4.48. The Morgan fingerprint density at radius 2 is 2.33 bits per heavy atom. The van der Waals surface area contributed by atoms with Gasteiger partial charge in [-0.2, -0.15) is 5.26 Å². The Kier molecular flexibility index (Phi) is 5.41. The van der Waals surface area contributed by atoms with Crippen LogP contribution in [0.2, 0.25) is 0 Å². The number of nitriles is 1. The number of nitrogens with zero attached hydrogens (tertiary/aromatic N) is 2. The van der Waals surface area contributed by atoms with Crippen molar-refractivity contribution in [2.24, 2.45) is 0 Å². The number of unbranched alkanes of at least 4 members (excludes halogenated alkanes) is 1. The summed E-state index contributed by atoms with van der Waals surface area (Å²) in [7, 11) is 0. The molecule has 0 aromatic heterocycles. The van der Waals surface area contributed by atoms with Crippen LogP contribution in [0.4, 0.5) is 0 Å². The van der Waals surface area contributed by atoms with Crippen molar-refractivity contribution in [3.05, 3.63) is 0 Å². The van der Waals surface area contributed by atoms with Gasteiger partial charge in [-0.15, -0.1) is 0 Å². The molecule has 15 heavy (non-hydrogen) atoms. The third-order valence-electron chi connectivity index (χ3n) is 2.52. The topological polar surface area (TPSA) is 39.1 Å². The Balaban J connectivity index is 2.28. The standard InChI is InChI=1S/C11H19N3S/c1-2-3-8-13-11(15)14(9-4-7-12)10-5-6-10/h10H,2-6,8-9H2,1H3,(H,13,15). The molecule has 0 unspecified atom stereocenters. The molecule has 0 radical (unpaired) electrons. The first-order valence-corrected chi connectivity index (χ1v) is 6.11. The van der Waals surface area contributed by atoms with Crippen LogP contribution >= 0.6 is 12.2 Å². The van der Waals surface area contributed by atoms with E-state index in [1.165, 1.54) is 19.3 Å². The molecular formula is C11H19N3S. The summed E-state index contributed by atoms with van der Waals surface area (Å²) < 4.78 is 0. The van der Waals surface area contributed by atoms with Gasteiger partial charge in [0.05, 0.1) is 12.5 Å². The molecule has 1 aliphatic rings. The maximum absolute atomic E-state index is 8.57. The Morgan fingerprint density at radius 1 is 1.60 bits per heavy atom. The van der Waals surface area contributed by atoms with Crippen LogP contribution in [0.5, 0.6) is 0 Å². The molecule has 1 fully saturated rings. The van der Waals surface area contributed by atoms with E-state index in [9.17, 15) is 0 Å². The molecule has 0 aromatic rings. The summed E-state index contributed by atoms with van der Waals surface area (Å²) in [5.41, 5.74) is 0. The van der Waals surface area contributed by atoms with Crippen LogP contribution in [0.25, 0.3) is 0 Å². The molecule has 0 heterocycles. The summed E-state index contributed by atoms with van der Waals surface area (Å²) in [6.45, 7) is 3.89. The molecule has 0 amide bonds. The second-order valence-electron chi connectivity index (χ2n) is 3.92. The minimum Gasteiger partial charge on any atom is -0.363 e. The van der Waals surface area contributed by atoms with Crippen LogP contribution < -0.4 is 5.32 Å². The molecule has 1 rings (SSSR count).